The van der Waals surface area contributed by atoms with E-state index in [0.717, 1.165) is 10.6 Å². The van der Waals surface area contributed by atoms with Gasteiger partial charge in [-0.25, -0.2) is 0 Å². The highest BCUT2D eigenvalue weighted by Crippen LogP contribution is 2.58. The molecule has 0 spiro atoms. The molecule has 0 aliphatic heterocycles. The minimum absolute atomic E-state index is 0. The third-order valence-corrected chi connectivity index (χ3v) is 10.4. The van der Waals surface area contributed by atoms with Crippen molar-refractivity contribution in [1.82, 2.24) is 0 Å². The van der Waals surface area contributed by atoms with Gasteiger partial charge in [-0.05, 0) is 47.5 Å². The number of rotatable bonds is 6. The van der Waals surface area contributed by atoms with Crippen LogP contribution < -0.4 is 39.9 Å². The third kappa shape index (κ3) is 4.76. The van der Waals surface area contributed by atoms with Crippen LogP contribution in [0.2, 0.25) is 0 Å². The molecule has 4 aromatic rings. The van der Waals surface area contributed by atoms with Crippen LogP contribution in [0.15, 0.2) is 115 Å². The maximum atomic E-state index is 2.49. The molecule has 0 amide bonds. The molecule has 0 atom stereocenters. The van der Waals surface area contributed by atoms with Crippen molar-refractivity contribution < 1.29 is 24.0 Å². The van der Waals surface area contributed by atoms with Crippen molar-refractivity contribution in [2.75, 3.05) is 0 Å². The summed E-state index contributed by atoms with van der Waals surface area (Å²) < 4.78 is 1.03. The van der Waals surface area contributed by atoms with Gasteiger partial charge in [0.15, 0.2) is 0 Å². The Morgan fingerprint density at radius 2 is 0.828 bits per heavy atom. The lowest BCUT2D eigenvalue weighted by atomic mass is 10.1. The molecule has 0 radical (unpaired) electrons. The molecule has 0 unspecified atom stereocenters. The molecule has 0 saturated heterocycles. The van der Waals surface area contributed by atoms with E-state index in [9.17, 15) is 0 Å². The van der Waals surface area contributed by atoms with E-state index in [-0.39, 0.29) is 24.0 Å². The maximum absolute atomic E-state index is 2.49. The molecule has 0 aliphatic rings. The molecule has 4 rings (SSSR count). The van der Waals surface area contributed by atoms with E-state index in [1.54, 1.807) is 0 Å². The van der Waals surface area contributed by atoms with Crippen LogP contribution in [0.25, 0.3) is 0 Å². The Morgan fingerprint density at radius 3 is 1.21 bits per heavy atom. The van der Waals surface area contributed by atoms with Crippen LogP contribution in [-0.4, -0.2) is 0 Å². The van der Waals surface area contributed by atoms with Gasteiger partial charge in [0.05, 0.1) is 6.16 Å². The van der Waals surface area contributed by atoms with E-state index >= 15 is 0 Å². The molecule has 29 heavy (non-hydrogen) atoms. The standard InChI is InChI=1S/C26H23IP.HI/c27-20-22-12-10-11-13-23(22)21-28(24-14-4-1-5-15-24,25-16-6-2-7-17-25)26-18-8-3-9-19-26;/h1-19H,20-21H2;1H/q+1;/p-1. The normalized spacial score (nSPS) is 10.9. The highest BCUT2D eigenvalue weighted by atomic mass is 127. The van der Waals surface area contributed by atoms with Crippen molar-refractivity contribution in [3.8, 4) is 0 Å². The molecule has 4 aromatic carbocycles. The Labute approximate surface area is 205 Å². The molecule has 0 saturated carbocycles. The van der Waals surface area contributed by atoms with Crippen LogP contribution in [0.3, 0.4) is 0 Å². The van der Waals surface area contributed by atoms with Gasteiger partial charge >= 0.3 is 0 Å². The molecule has 0 N–H and O–H groups in total. The second kappa shape index (κ2) is 10.7. The minimum Gasteiger partial charge on any atom is -1.00 e. The predicted molar refractivity (Wildman–Crippen MR) is 133 cm³/mol. The molecule has 0 aliphatic carbocycles. The first-order chi connectivity index (χ1) is 13.8. The monoisotopic (exact) mass is 620 g/mol. The van der Waals surface area contributed by atoms with Gasteiger partial charge in [-0.1, -0.05) is 101 Å². The zero-order valence-corrected chi connectivity index (χ0v) is 21.3. The van der Waals surface area contributed by atoms with Crippen molar-refractivity contribution in [2.24, 2.45) is 0 Å². The van der Waals surface area contributed by atoms with Gasteiger partial charge in [-0.3, -0.25) is 0 Å². The van der Waals surface area contributed by atoms with Crippen molar-refractivity contribution in [1.29, 1.82) is 0 Å². The van der Waals surface area contributed by atoms with Crippen molar-refractivity contribution >= 4 is 45.8 Å². The van der Waals surface area contributed by atoms with Gasteiger partial charge in [0, 0.05) is 4.43 Å². The molecule has 146 valence electrons. The molecular formula is C26H23I2P. The molecule has 0 bridgehead atoms. The third-order valence-electron chi connectivity index (χ3n) is 5.26. The summed E-state index contributed by atoms with van der Waals surface area (Å²) in [6, 6.07) is 42.3. The second-order valence-electron chi connectivity index (χ2n) is 6.88. The summed E-state index contributed by atoms with van der Waals surface area (Å²) in [5, 5.41) is 4.32. The van der Waals surface area contributed by atoms with E-state index in [1.807, 2.05) is 0 Å². The Balaban J connectivity index is 0.00000240. The summed E-state index contributed by atoms with van der Waals surface area (Å²) >= 11 is 2.49. The first-order valence-electron chi connectivity index (χ1n) is 9.52. The minimum atomic E-state index is -1.82. The average molecular weight is 620 g/mol. The molecular weight excluding hydrogens is 597 g/mol. The largest absolute Gasteiger partial charge is 1.00 e. The fraction of sp³-hybridized carbons (Fsp3) is 0.0769. The van der Waals surface area contributed by atoms with Crippen LogP contribution >= 0.6 is 29.9 Å². The van der Waals surface area contributed by atoms with Crippen molar-refractivity contribution in [3.05, 3.63) is 126 Å². The van der Waals surface area contributed by atoms with Gasteiger partial charge in [0.2, 0.25) is 0 Å². The lowest BCUT2D eigenvalue weighted by Gasteiger charge is -2.28. The van der Waals surface area contributed by atoms with Crippen molar-refractivity contribution in [2.45, 2.75) is 10.6 Å². The first kappa shape index (κ1) is 22.5. The van der Waals surface area contributed by atoms with Crippen LogP contribution in [0.1, 0.15) is 11.1 Å². The summed E-state index contributed by atoms with van der Waals surface area (Å²) in [6.07, 6.45) is 1.05. The first-order valence-corrected chi connectivity index (χ1v) is 13.0. The number of hydrogen-bond acceptors (Lipinski definition) is 0. The Bertz CT molecular complexity index is 921. The van der Waals surface area contributed by atoms with Crippen LogP contribution in [0.4, 0.5) is 0 Å². The quantitative estimate of drug-likeness (QED) is 0.177. The fourth-order valence-corrected chi connectivity index (χ4v) is 8.92. The Kier molecular flexibility index (Phi) is 8.28. The van der Waals surface area contributed by atoms with Gasteiger partial charge < -0.3 is 24.0 Å². The number of halogens is 2. The van der Waals surface area contributed by atoms with E-state index in [2.05, 4.69) is 138 Å². The number of benzene rings is 4. The van der Waals surface area contributed by atoms with E-state index in [0.29, 0.717) is 0 Å². The smallest absolute Gasteiger partial charge is 0.116 e. The SMILES string of the molecule is ICc1ccccc1C[P+](c1ccccc1)(c1ccccc1)c1ccccc1.[I-]. The molecule has 3 heteroatoms. The molecule has 0 fully saturated rings. The van der Waals surface area contributed by atoms with E-state index < -0.39 is 7.26 Å². The van der Waals surface area contributed by atoms with Crippen LogP contribution in [-0.2, 0) is 10.6 Å². The summed E-state index contributed by atoms with van der Waals surface area (Å²) in [7, 11) is -1.82. The van der Waals surface area contributed by atoms with E-state index in [4.69, 9.17) is 0 Å². The van der Waals surface area contributed by atoms with Gasteiger partial charge in [-0.2, -0.15) is 0 Å². The zero-order chi connectivity index (χ0) is 19.2. The summed E-state index contributed by atoms with van der Waals surface area (Å²) in [5.74, 6) is 0. The lowest BCUT2D eigenvalue weighted by molar-refractivity contribution is -0.00000533. The van der Waals surface area contributed by atoms with Gasteiger partial charge in [-0.15, -0.1) is 0 Å². The Morgan fingerprint density at radius 1 is 0.483 bits per heavy atom. The average Bonchev–Trinajstić information content (AvgIpc) is 2.79. The van der Waals surface area contributed by atoms with Gasteiger partial charge in [0.1, 0.15) is 23.2 Å². The number of alkyl halides is 1. The molecule has 0 nitrogen and oxygen atoms in total. The molecule has 0 heterocycles. The summed E-state index contributed by atoms with van der Waals surface area (Å²) in [4.78, 5) is 0. The van der Waals surface area contributed by atoms with Crippen LogP contribution in [0, 0.1) is 0 Å². The predicted octanol–water partition coefficient (Wildman–Crippen LogP) is 3.12. The maximum Gasteiger partial charge on any atom is 0.116 e. The second-order valence-corrected chi connectivity index (χ2v) is 11.1. The van der Waals surface area contributed by atoms with Crippen molar-refractivity contribution in [3.63, 3.8) is 0 Å². The highest BCUT2D eigenvalue weighted by Gasteiger charge is 2.45. The lowest BCUT2D eigenvalue weighted by Crippen LogP contribution is -3.00. The fourth-order valence-electron chi connectivity index (χ4n) is 3.87. The summed E-state index contributed by atoms with van der Waals surface area (Å²) in [6.45, 7) is 0. The summed E-state index contributed by atoms with van der Waals surface area (Å²) in [5.41, 5.74) is 2.90. The van der Waals surface area contributed by atoms with Crippen LogP contribution in [0.5, 0.6) is 0 Å². The topological polar surface area (TPSA) is 0 Å². The van der Waals surface area contributed by atoms with E-state index in [1.165, 1.54) is 27.0 Å². The molecule has 0 aromatic heterocycles. The zero-order valence-electron chi connectivity index (χ0n) is 16.1. The highest BCUT2D eigenvalue weighted by molar-refractivity contribution is 14.1. The number of hydrogen-bond donors (Lipinski definition) is 0. The Hall–Kier alpha value is -1.23. The van der Waals surface area contributed by atoms with Gasteiger partial charge in [0.25, 0.3) is 0 Å².